The van der Waals surface area contributed by atoms with Gasteiger partial charge in [-0.3, -0.25) is 15.2 Å². The molecule has 186 valence electrons. The van der Waals surface area contributed by atoms with E-state index in [0.717, 1.165) is 21.6 Å². The van der Waals surface area contributed by atoms with Crippen molar-refractivity contribution in [3.8, 4) is 16.2 Å². The van der Waals surface area contributed by atoms with E-state index in [2.05, 4.69) is 24.3 Å². The summed E-state index contributed by atoms with van der Waals surface area (Å²) in [4.78, 5) is 18.2. The Morgan fingerprint density at radius 2 is 2.09 bits per heavy atom. The fraction of sp³-hybridized carbons (Fsp3) is 0.308. The van der Waals surface area contributed by atoms with Gasteiger partial charge in [0.05, 0.1) is 17.9 Å². The number of hydrazine groups is 1. The van der Waals surface area contributed by atoms with Gasteiger partial charge in [0.25, 0.3) is 0 Å². The fourth-order valence-corrected chi connectivity index (χ4v) is 4.69. The molecule has 0 bridgehead atoms. The minimum absolute atomic E-state index is 0.150. The summed E-state index contributed by atoms with van der Waals surface area (Å²) < 4.78 is 25.2. The highest BCUT2D eigenvalue weighted by atomic mass is 32.1. The van der Waals surface area contributed by atoms with Gasteiger partial charge in [0, 0.05) is 41.3 Å². The summed E-state index contributed by atoms with van der Waals surface area (Å²) in [7, 11) is 3.32. The number of rotatable bonds is 12. The number of thiol groups is 1. The zero-order valence-corrected chi connectivity index (χ0v) is 22.0. The first-order valence-electron chi connectivity index (χ1n) is 11.2. The van der Waals surface area contributed by atoms with Gasteiger partial charge in [-0.25, -0.2) is 9.37 Å². The first-order valence-corrected chi connectivity index (χ1v) is 12.5. The maximum Gasteiger partial charge on any atom is 0.165 e. The van der Waals surface area contributed by atoms with E-state index in [4.69, 9.17) is 22.1 Å². The Morgan fingerprint density at radius 1 is 1.29 bits per heavy atom. The van der Waals surface area contributed by atoms with Crippen LogP contribution in [-0.2, 0) is 4.74 Å². The third kappa shape index (κ3) is 7.06. The summed E-state index contributed by atoms with van der Waals surface area (Å²) in [6, 6.07) is 10.5. The maximum atomic E-state index is 14.8. The highest BCUT2D eigenvalue weighted by Gasteiger charge is 2.17. The van der Waals surface area contributed by atoms with Crippen LogP contribution in [0.2, 0.25) is 0 Å². The van der Waals surface area contributed by atoms with Gasteiger partial charge in [-0.15, -0.1) is 24.0 Å². The van der Waals surface area contributed by atoms with Crippen molar-refractivity contribution in [2.24, 2.45) is 5.92 Å². The summed E-state index contributed by atoms with van der Waals surface area (Å²) in [5, 5.41) is 3.62. The number of hydrogen-bond acceptors (Lipinski definition) is 8. The molecule has 1 N–H and O–H groups in total. The average molecular weight is 516 g/mol. The molecule has 0 saturated carbocycles. The van der Waals surface area contributed by atoms with Crippen molar-refractivity contribution in [2.75, 3.05) is 32.4 Å². The lowest BCUT2D eigenvalue weighted by molar-refractivity contribution is 0.112. The minimum Gasteiger partial charge on any atom is -0.488 e. The van der Waals surface area contributed by atoms with Crippen LogP contribution in [0.3, 0.4) is 0 Å². The van der Waals surface area contributed by atoms with Crippen molar-refractivity contribution in [2.45, 2.75) is 20.3 Å². The number of nitrogens with one attached hydrogen (secondary N) is 1. The number of benzene rings is 1. The number of methoxy groups -OCH3 is 1. The lowest BCUT2D eigenvalue weighted by Gasteiger charge is -2.26. The first-order chi connectivity index (χ1) is 16.8. The topological polar surface area (TPSA) is 63.7 Å². The lowest BCUT2D eigenvalue weighted by Crippen LogP contribution is -2.35. The zero-order valence-electron chi connectivity index (χ0n) is 20.2. The van der Waals surface area contributed by atoms with E-state index >= 15 is 0 Å². The molecule has 0 saturated heterocycles. The monoisotopic (exact) mass is 515 g/mol. The van der Waals surface area contributed by atoms with Crippen molar-refractivity contribution < 1.29 is 18.7 Å². The SMILES string of the molecule is COCCOc1ccc(/C(NN(C)c2ncc(-c3cccs3)cc2C=O)=C(/S)CC(C)C)cc1F. The summed E-state index contributed by atoms with van der Waals surface area (Å²) in [5.74, 6) is 0.443. The quantitative estimate of drug-likeness (QED) is 0.132. The molecule has 3 aromatic rings. The van der Waals surface area contributed by atoms with Gasteiger partial charge in [0.2, 0.25) is 0 Å². The summed E-state index contributed by atoms with van der Waals surface area (Å²) in [5.41, 5.74) is 5.79. The number of nitrogens with zero attached hydrogens (tertiary/aromatic N) is 2. The second-order valence-electron chi connectivity index (χ2n) is 8.31. The number of aromatic nitrogens is 1. The fourth-order valence-electron chi connectivity index (χ4n) is 3.43. The molecule has 0 aliphatic heterocycles. The molecule has 0 amide bonds. The lowest BCUT2D eigenvalue weighted by atomic mass is 10.1. The van der Waals surface area contributed by atoms with Crippen LogP contribution in [0.25, 0.3) is 16.1 Å². The van der Waals surface area contributed by atoms with Crippen LogP contribution in [0, 0.1) is 11.7 Å². The van der Waals surface area contributed by atoms with Crippen molar-refractivity contribution >= 4 is 41.8 Å². The number of thiophene rings is 1. The van der Waals surface area contributed by atoms with Gasteiger partial charge in [0.1, 0.15) is 6.61 Å². The second kappa shape index (κ2) is 12.7. The van der Waals surface area contributed by atoms with Crippen molar-refractivity contribution in [1.82, 2.24) is 10.4 Å². The molecule has 35 heavy (non-hydrogen) atoms. The highest BCUT2D eigenvalue weighted by Crippen LogP contribution is 2.30. The molecule has 6 nitrogen and oxygen atoms in total. The van der Waals surface area contributed by atoms with Crippen molar-refractivity contribution in [1.29, 1.82) is 0 Å². The van der Waals surface area contributed by atoms with E-state index in [-0.39, 0.29) is 12.4 Å². The predicted molar refractivity (Wildman–Crippen MR) is 144 cm³/mol. The number of allylic oxidation sites excluding steroid dienone is 1. The Balaban J connectivity index is 1.92. The van der Waals surface area contributed by atoms with Crippen LogP contribution in [-0.4, -0.2) is 38.6 Å². The van der Waals surface area contributed by atoms with Crippen LogP contribution in [0.4, 0.5) is 10.2 Å². The molecule has 2 heterocycles. The van der Waals surface area contributed by atoms with Gasteiger partial charge >= 0.3 is 0 Å². The van der Waals surface area contributed by atoms with E-state index in [9.17, 15) is 9.18 Å². The van der Waals surface area contributed by atoms with Crippen molar-refractivity contribution in [3.63, 3.8) is 0 Å². The molecule has 1 aromatic carbocycles. The molecule has 3 rings (SSSR count). The number of carbonyl (C=O) groups is 1. The van der Waals surface area contributed by atoms with Gasteiger partial charge < -0.3 is 9.47 Å². The van der Waals surface area contributed by atoms with Crippen LogP contribution >= 0.6 is 24.0 Å². The van der Waals surface area contributed by atoms with E-state index in [1.54, 1.807) is 48.8 Å². The molecule has 9 heteroatoms. The number of halogens is 1. The third-order valence-corrected chi connectivity index (χ3v) is 6.41. The largest absolute Gasteiger partial charge is 0.488 e. The average Bonchev–Trinajstić information content (AvgIpc) is 3.37. The van der Waals surface area contributed by atoms with Crippen molar-refractivity contribution in [3.05, 3.63) is 69.8 Å². The molecule has 0 spiro atoms. The predicted octanol–water partition coefficient (Wildman–Crippen LogP) is 6.07. The van der Waals surface area contributed by atoms with E-state index in [1.165, 1.54) is 6.07 Å². The van der Waals surface area contributed by atoms with E-state index in [1.807, 2.05) is 23.6 Å². The smallest absolute Gasteiger partial charge is 0.165 e. The van der Waals surface area contributed by atoms with E-state index < -0.39 is 5.82 Å². The first kappa shape index (κ1) is 26.7. The van der Waals surface area contributed by atoms with Crippen LogP contribution in [0.1, 0.15) is 36.2 Å². The Bertz CT molecular complexity index is 1170. The zero-order chi connectivity index (χ0) is 25.4. The molecule has 2 aromatic heterocycles. The number of pyridine rings is 1. The van der Waals surface area contributed by atoms with Gasteiger partial charge in [-0.05, 0) is 48.1 Å². The second-order valence-corrected chi connectivity index (χ2v) is 9.80. The molecule has 0 unspecified atom stereocenters. The molecular formula is C26H30FN3O3S2. The van der Waals surface area contributed by atoms with Gasteiger partial charge in [0.15, 0.2) is 23.7 Å². The maximum absolute atomic E-state index is 14.8. The third-order valence-electron chi connectivity index (χ3n) is 5.08. The molecular weight excluding hydrogens is 485 g/mol. The van der Waals surface area contributed by atoms with Crippen LogP contribution in [0.5, 0.6) is 5.75 Å². The standard InChI is InChI=1S/C26H30FN3O3S2/c1-17(2)12-23(34)25(18-7-8-22(21(27)14-18)33-10-9-32-4)29-30(3)26-20(16-31)13-19(15-28-26)24-6-5-11-35-24/h5-8,11,13-17,29,34H,9-10,12H2,1-4H3/b25-23-. The Hall–Kier alpha value is -2.88. The number of anilines is 1. The summed E-state index contributed by atoms with van der Waals surface area (Å²) in [6.45, 7) is 4.79. The Labute approximate surface area is 215 Å². The summed E-state index contributed by atoms with van der Waals surface area (Å²) in [6.07, 6.45) is 3.19. The van der Waals surface area contributed by atoms with Gasteiger partial charge in [-0.2, -0.15) is 0 Å². The van der Waals surface area contributed by atoms with Gasteiger partial charge in [-0.1, -0.05) is 19.9 Å². The molecule has 0 aliphatic carbocycles. The highest BCUT2D eigenvalue weighted by molar-refractivity contribution is 7.84. The van der Waals surface area contributed by atoms with Crippen LogP contribution in [0.15, 0.2) is 52.9 Å². The molecule has 0 fully saturated rings. The summed E-state index contributed by atoms with van der Waals surface area (Å²) >= 11 is 6.31. The number of ether oxygens (including phenoxy) is 2. The minimum atomic E-state index is -0.488. The molecule has 0 atom stereocenters. The number of carbonyl (C=O) groups excluding carboxylic acids is 1. The Morgan fingerprint density at radius 3 is 2.71 bits per heavy atom. The number of hydrogen-bond donors (Lipinski definition) is 2. The molecule has 0 radical (unpaired) electrons. The molecule has 0 aliphatic rings. The normalized spacial score (nSPS) is 11.9. The number of aldehydes is 1. The van der Waals surface area contributed by atoms with Crippen LogP contribution < -0.4 is 15.2 Å². The van der Waals surface area contributed by atoms with E-state index in [0.29, 0.717) is 41.6 Å². The Kier molecular flexibility index (Phi) is 9.71.